The number of hydrogen-bond donors (Lipinski definition) is 2. The van der Waals surface area contributed by atoms with Gasteiger partial charge in [-0.2, -0.15) is 0 Å². The lowest BCUT2D eigenvalue weighted by Crippen LogP contribution is -2.37. The number of fused-ring (bicyclic) bond motifs is 1. The van der Waals surface area contributed by atoms with Crippen molar-refractivity contribution in [1.82, 2.24) is 9.55 Å². The first-order valence-electron chi connectivity index (χ1n) is 6.94. The van der Waals surface area contributed by atoms with E-state index in [0.717, 1.165) is 0 Å². The summed E-state index contributed by atoms with van der Waals surface area (Å²) < 4.78 is 6.19. The fraction of sp³-hybridized carbons (Fsp3) is 0.400. The summed E-state index contributed by atoms with van der Waals surface area (Å²) >= 11 is 0. The number of benzene rings is 1. The quantitative estimate of drug-likeness (QED) is 0.649. The van der Waals surface area contributed by atoms with Gasteiger partial charge >= 0.3 is 17.3 Å². The molecular formula is C15H18N2O5. The predicted molar refractivity (Wildman–Crippen MR) is 81.3 cm³/mol. The maximum Gasteiger partial charge on any atom is 0.506 e. The van der Waals surface area contributed by atoms with Crippen LogP contribution in [0.15, 0.2) is 33.9 Å². The molecule has 0 saturated carbocycles. The first-order valence-corrected chi connectivity index (χ1v) is 6.94. The van der Waals surface area contributed by atoms with Crippen LogP contribution in [0.2, 0.25) is 0 Å². The minimum Gasteiger partial charge on any atom is -0.450 e. The van der Waals surface area contributed by atoms with Crippen molar-refractivity contribution in [2.24, 2.45) is 0 Å². The van der Waals surface area contributed by atoms with Crippen molar-refractivity contribution in [2.45, 2.75) is 38.8 Å². The molecule has 0 aliphatic carbocycles. The van der Waals surface area contributed by atoms with Crippen molar-refractivity contribution in [2.75, 3.05) is 0 Å². The lowest BCUT2D eigenvalue weighted by Gasteiger charge is -2.23. The molecule has 0 saturated heterocycles. The van der Waals surface area contributed by atoms with Gasteiger partial charge in [0.15, 0.2) is 0 Å². The van der Waals surface area contributed by atoms with Gasteiger partial charge in [0, 0.05) is 6.54 Å². The summed E-state index contributed by atoms with van der Waals surface area (Å²) in [6.07, 6.45) is -0.385. The highest BCUT2D eigenvalue weighted by Gasteiger charge is 2.22. The second-order valence-corrected chi connectivity index (χ2v) is 5.66. The number of ether oxygens (including phenoxy) is 1. The van der Waals surface area contributed by atoms with Crippen LogP contribution in [0, 0.1) is 0 Å². The minimum absolute atomic E-state index is 0.315. The first kappa shape index (κ1) is 15.8. The van der Waals surface area contributed by atoms with Gasteiger partial charge in [0.1, 0.15) is 5.60 Å². The van der Waals surface area contributed by atoms with Crippen molar-refractivity contribution >= 4 is 17.2 Å². The Labute approximate surface area is 126 Å². The summed E-state index contributed by atoms with van der Waals surface area (Å²) in [5.41, 5.74) is -0.889. The molecule has 22 heavy (non-hydrogen) atoms. The normalized spacial score (nSPS) is 11.5. The molecule has 7 heteroatoms. The van der Waals surface area contributed by atoms with Gasteiger partial charge in [-0.25, -0.2) is 4.79 Å². The smallest absolute Gasteiger partial charge is 0.450 e. The van der Waals surface area contributed by atoms with E-state index in [4.69, 9.17) is 9.84 Å². The Morgan fingerprint density at radius 1 is 1.32 bits per heavy atom. The zero-order valence-electron chi connectivity index (χ0n) is 12.5. The molecule has 2 N–H and O–H groups in total. The zero-order valence-corrected chi connectivity index (χ0v) is 12.5. The van der Waals surface area contributed by atoms with Crippen LogP contribution >= 0.6 is 0 Å². The maximum atomic E-state index is 12.0. The number of hydrogen-bond acceptors (Lipinski definition) is 4. The Hall–Kier alpha value is -2.57. The van der Waals surface area contributed by atoms with Crippen molar-refractivity contribution in [3.05, 3.63) is 45.0 Å². The molecule has 0 bridgehead atoms. The van der Waals surface area contributed by atoms with E-state index in [9.17, 15) is 14.4 Å². The largest absolute Gasteiger partial charge is 0.506 e. The van der Waals surface area contributed by atoms with E-state index in [-0.39, 0.29) is 0 Å². The van der Waals surface area contributed by atoms with Gasteiger partial charge in [-0.15, -0.1) is 0 Å². The lowest BCUT2D eigenvalue weighted by atomic mass is 10.0. The summed E-state index contributed by atoms with van der Waals surface area (Å²) in [6.45, 7) is 3.65. The number of aryl methyl sites for hydroxylation is 1. The molecule has 1 aromatic carbocycles. The Morgan fingerprint density at radius 2 is 2.00 bits per heavy atom. The molecule has 0 fully saturated rings. The summed E-state index contributed by atoms with van der Waals surface area (Å²) in [7, 11) is 0. The standard InChI is InChI=1S/C15H18N2O5/c1-15(2,22-14(20)21)8-5-9-17-11-7-4-3-6-10(11)16-12(18)13(17)19/h3-4,6-7H,5,8-9H2,1-2H3,(H,16,18)(H,20,21). The molecule has 0 aliphatic heterocycles. The van der Waals surface area contributed by atoms with Crippen LogP contribution in [0.3, 0.4) is 0 Å². The molecule has 2 aromatic rings. The highest BCUT2D eigenvalue weighted by molar-refractivity contribution is 5.74. The van der Waals surface area contributed by atoms with Crippen molar-refractivity contribution in [3.63, 3.8) is 0 Å². The van der Waals surface area contributed by atoms with E-state index in [1.807, 2.05) is 0 Å². The van der Waals surface area contributed by atoms with Crippen LogP contribution in [-0.2, 0) is 11.3 Å². The summed E-state index contributed by atoms with van der Waals surface area (Å²) in [6, 6.07) is 7.04. The lowest BCUT2D eigenvalue weighted by molar-refractivity contribution is -0.00252. The number of aromatic nitrogens is 2. The molecule has 0 unspecified atom stereocenters. The van der Waals surface area contributed by atoms with Crippen molar-refractivity contribution in [1.29, 1.82) is 0 Å². The van der Waals surface area contributed by atoms with Crippen molar-refractivity contribution < 1.29 is 14.6 Å². The van der Waals surface area contributed by atoms with Gasteiger partial charge in [0.05, 0.1) is 11.0 Å². The molecule has 1 heterocycles. The summed E-state index contributed by atoms with van der Waals surface area (Å²) in [4.78, 5) is 36.8. The van der Waals surface area contributed by atoms with Gasteiger partial charge in [0.2, 0.25) is 0 Å². The minimum atomic E-state index is -1.33. The van der Waals surface area contributed by atoms with Crippen molar-refractivity contribution in [3.8, 4) is 0 Å². The summed E-state index contributed by atoms with van der Waals surface area (Å²) in [5.74, 6) is 0. The Bertz CT molecular complexity index is 803. The van der Waals surface area contributed by atoms with E-state index in [2.05, 4.69) is 4.98 Å². The summed E-state index contributed by atoms with van der Waals surface area (Å²) in [5, 5.41) is 8.66. The third-order valence-electron chi connectivity index (χ3n) is 3.41. The SMILES string of the molecule is CC(C)(CCCn1c(=O)c(=O)[nH]c2ccccc21)OC(=O)O. The molecule has 7 nitrogen and oxygen atoms in total. The number of carboxylic acid groups (broad SMARTS) is 1. The van der Waals surface area contributed by atoms with E-state index in [0.29, 0.717) is 30.4 Å². The molecule has 0 radical (unpaired) electrons. The fourth-order valence-electron chi connectivity index (χ4n) is 2.39. The number of carbonyl (C=O) groups is 1. The maximum absolute atomic E-state index is 12.0. The number of rotatable bonds is 5. The second kappa shape index (κ2) is 6.05. The molecule has 1 aromatic heterocycles. The number of para-hydroxylation sites is 2. The van der Waals surface area contributed by atoms with Gasteiger partial charge in [-0.3, -0.25) is 9.59 Å². The van der Waals surface area contributed by atoms with Gasteiger partial charge in [0.25, 0.3) is 0 Å². The number of nitrogens with zero attached hydrogens (tertiary/aromatic N) is 1. The Kier molecular flexibility index (Phi) is 4.35. The number of aromatic amines is 1. The van der Waals surface area contributed by atoms with Crippen LogP contribution in [-0.4, -0.2) is 26.4 Å². The topological polar surface area (TPSA) is 101 Å². The van der Waals surface area contributed by atoms with Crippen LogP contribution in [0.25, 0.3) is 11.0 Å². The zero-order chi connectivity index (χ0) is 16.3. The third-order valence-corrected chi connectivity index (χ3v) is 3.41. The highest BCUT2D eigenvalue weighted by Crippen LogP contribution is 2.18. The monoisotopic (exact) mass is 306 g/mol. The van der Waals surface area contributed by atoms with E-state index < -0.39 is 22.9 Å². The van der Waals surface area contributed by atoms with Gasteiger partial charge in [-0.1, -0.05) is 12.1 Å². The number of nitrogens with one attached hydrogen (secondary N) is 1. The second-order valence-electron chi connectivity index (χ2n) is 5.66. The molecule has 118 valence electrons. The predicted octanol–water partition coefficient (Wildman–Crippen LogP) is 1.94. The molecule has 0 amide bonds. The van der Waals surface area contributed by atoms with E-state index in [1.54, 1.807) is 38.1 Å². The molecule has 0 aliphatic rings. The van der Waals surface area contributed by atoms with E-state index in [1.165, 1.54) is 4.57 Å². The third kappa shape index (κ3) is 3.55. The van der Waals surface area contributed by atoms with Crippen LogP contribution < -0.4 is 11.1 Å². The molecular weight excluding hydrogens is 288 g/mol. The Morgan fingerprint density at radius 3 is 2.68 bits per heavy atom. The average Bonchev–Trinajstić information content (AvgIpc) is 2.41. The van der Waals surface area contributed by atoms with Crippen LogP contribution in [0.5, 0.6) is 0 Å². The van der Waals surface area contributed by atoms with Crippen LogP contribution in [0.4, 0.5) is 4.79 Å². The van der Waals surface area contributed by atoms with Gasteiger partial charge < -0.3 is 19.4 Å². The van der Waals surface area contributed by atoms with Gasteiger partial charge in [-0.05, 0) is 38.8 Å². The first-order chi connectivity index (χ1) is 10.3. The van der Waals surface area contributed by atoms with E-state index >= 15 is 0 Å². The average molecular weight is 306 g/mol. The fourth-order valence-corrected chi connectivity index (χ4v) is 2.39. The molecule has 0 spiro atoms. The Balaban J connectivity index is 2.22. The van der Waals surface area contributed by atoms with Crippen LogP contribution in [0.1, 0.15) is 26.7 Å². The highest BCUT2D eigenvalue weighted by atomic mass is 16.7. The number of H-pyrrole nitrogens is 1. The molecule has 0 atom stereocenters. The molecule has 2 rings (SSSR count).